The lowest BCUT2D eigenvalue weighted by Crippen LogP contribution is -2.44. The minimum absolute atomic E-state index is 0.00448. The van der Waals surface area contributed by atoms with E-state index in [0.29, 0.717) is 31.1 Å². The summed E-state index contributed by atoms with van der Waals surface area (Å²) in [4.78, 5) is 11.0. The molecule has 0 aliphatic carbocycles. The van der Waals surface area contributed by atoms with Gasteiger partial charge in [-0.1, -0.05) is 6.92 Å². The van der Waals surface area contributed by atoms with Crippen molar-refractivity contribution in [1.82, 2.24) is 15.1 Å². The fraction of sp³-hybridized carbons (Fsp3) is 0.786. The van der Waals surface area contributed by atoms with Gasteiger partial charge in [0.25, 0.3) is 0 Å². The summed E-state index contributed by atoms with van der Waals surface area (Å²) < 4.78 is 6.95. The summed E-state index contributed by atoms with van der Waals surface area (Å²) in [6.45, 7) is 5.05. The van der Waals surface area contributed by atoms with Gasteiger partial charge in [-0.25, -0.2) is 4.68 Å². The molecule has 0 aromatic carbocycles. The highest BCUT2D eigenvalue weighted by Crippen LogP contribution is 2.33. The van der Waals surface area contributed by atoms with Gasteiger partial charge in [0.05, 0.1) is 11.5 Å². The molecular weight excluding hydrogens is 286 g/mol. The highest BCUT2D eigenvalue weighted by atomic mass is 16.6. The Morgan fingerprint density at radius 2 is 2.18 bits per heavy atom. The van der Waals surface area contributed by atoms with Crippen molar-refractivity contribution in [2.75, 3.05) is 38.7 Å². The second-order valence-electron chi connectivity index (χ2n) is 5.91. The first-order valence-corrected chi connectivity index (χ1v) is 7.67. The van der Waals surface area contributed by atoms with Gasteiger partial charge in [-0.05, 0) is 32.4 Å². The number of aryl methyl sites for hydroxylation is 2. The number of piperidine rings is 1. The number of hydrogen-bond donors (Lipinski definition) is 2. The summed E-state index contributed by atoms with van der Waals surface area (Å²) in [5.74, 6) is 0.482. The van der Waals surface area contributed by atoms with E-state index in [4.69, 9.17) is 4.74 Å². The van der Waals surface area contributed by atoms with Crippen LogP contribution in [0.25, 0.3) is 0 Å². The molecule has 0 radical (unpaired) electrons. The van der Waals surface area contributed by atoms with Gasteiger partial charge in [0.2, 0.25) is 5.82 Å². The number of nitrogens with one attached hydrogen (secondary N) is 2. The Kier molecular flexibility index (Phi) is 5.36. The molecule has 1 aliphatic rings. The number of methoxy groups -OCH3 is 1. The first-order chi connectivity index (χ1) is 10.5. The zero-order valence-corrected chi connectivity index (χ0v) is 13.5. The third kappa shape index (κ3) is 3.38. The third-order valence-corrected chi connectivity index (χ3v) is 4.36. The molecule has 1 saturated heterocycles. The fourth-order valence-corrected chi connectivity index (χ4v) is 3.10. The monoisotopic (exact) mass is 311 g/mol. The Morgan fingerprint density at radius 3 is 2.73 bits per heavy atom. The highest BCUT2D eigenvalue weighted by molar-refractivity contribution is 5.60. The highest BCUT2D eigenvalue weighted by Gasteiger charge is 2.34. The number of hydrogen-bond acceptors (Lipinski definition) is 6. The van der Waals surface area contributed by atoms with Gasteiger partial charge < -0.3 is 15.4 Å². The number of ether oxygens (including phenoxy) is 1. The molecule has 0 spiro atoms. The lowest BCUT2D eigenvalue weighted by Gasteiger charge is -2.37. The molecule has 1 fully saturated rings. The number of rotatable bonds is 7. The predicted octanol–water partition coefficient (Wildman–Crippen LogP) is 1.32. The van der Waals surface area contributed by atoms with E-state index in [9.17, 15) is 10.1 Å². The van der Waals surface area contributed by atoms with Crippen molar-refractivity contribution in [2.24, 2.45) is 12.5 Å². The smallest absolute Gasteiger partial charge is 0.333 e. The van der Waals surface area contributed by atoms with Crippen LogP contribution in [0.3, 0.4) is 0 Å². The van der Waals surface area contributed by atoms with Gasteiger partial charge >= 0.3 is 5.69 Å². The molecule has 2 rings (SSSR count). The molecule has 8 heteroatoms. The van der Waals surface area contributed by atoms with E-state index in [-0.39, 0.29) is 16.0 Å². The molecule has 1 aliphatic heterocycles. The van der Waals surface area contributed by atoms with Crippen LogP contribution in [0.1, 0.15) is 25.5 Å². The molecule has 0 atom stereocenters. The van der Waals surface area contributed by atoms with E-state index in [1.54, 1.807) is 18.8 Å². The number of aromatic nitrogens is 2. The van der Waals surface area contributed by atoms with E-state index in [1.807, 2.05) is 6.92 Å². The zero-order chi connectivity index (χ0) is 16.2. The maximum atomic E-state index is 11.3. The molecule has 2 heterocycles. The van der Waals surface area contributed by atoms with Gasteiger partial charge in [0.15, 0.2) is 0 Å². The average molecular weight is 311 g/mol. The Hall–Kier alpha value is -1.67. The first kappa shape index (κ1) is 16.7. The Morgan fingerprint density at radius 1 is 1.50 bits per heavy atom. The van der Waals surface area contributed by atoms with Gasteiger partial charge in [0.1, 0.15) is 5.69 Å². The quantitative estimate of drug-likeness (QED) is 0.582. The Balaban J connectivity index is 2.19. The van der Waals surface area contributed by atoms with Crippen molar-refractivity contribution in [2.45, 2.75) is 26.2 Å². The molecule has 0 saturated carbocycles. The standard InChI is InChI=1S/C14H25N5O3/c1-4-11-12(19(20)21)13(18(2)17-11)16-9-14(10-22-3)5-7-15-8-6-14/h15-16H,4-10H2,1-3H3. The maximum Gasteiger partial charge on any atom is 0.333 e. The molecule has 8 nitrogen and oxygen atoms in total. The normalized spacial score (nSPS) is 17.4. The predicted molar refractivity (Wildman–Crippen MR) is 84.1 cm³/mol. The lowest BCUT2D eigenvalue weighted by atomic mass is 9.79. The second kappa shape index (κ2) is 7.06. The number of nitro groups is 1. The Labute approximate surface area is 130 Å². The van der Waals surface area contributed by atoms with E-state index >= 15 is 0 Å². The topological polar surface area (TPSA) is 94.2 Å². The second-order valence-corrected chi connectivity index (χ2v) is 5.91. The first-order valence-electron chi connectivity index (χ1n) is 7.67. The molecule has 1 aromatic rings. The molecule has 2 N–H and O–H groups in total. The number of anilines is 1. The van der Waals surface area contributed by atoms with Crippen LogP contribution in [0, 0.1) is 15.5 Å². The van der Waals surface area contributed by atoms with Gasteiger partial charge in [-0.3, -0.25) is 10.1 Å². The zero-order valence-electron chi connectivity index (χ0n) is 13.5. The number of nitrogens with zero attached hydrogens (tertiary/aromatic N) is 3. The summed E-state index contributed by atoms with van der Waals surface area (Å²) in [6, 6.07) is 0. The van der Waals surface area contributed by atoms with Gasteiger partial charge in [0, 0.05) is 26.1 Å². The van der Waals surface area contributed by atoms with Crippen LogP contribution < -0.4 is 10.6 Å². The maximum absolute atomic E-state index is 11.3. The average Bonchev–Trinajstić information content (AvgIpc) is 2.83. The van der Waals surface area contributed by atoms with Crippen LogP contribution in [0.4, 0.5) is 11.5 Å². The van der Waals surface area contributed by atoms with Crippen LogP contribution in [0.2, 0.25) is 0 Å². The SMILES string of the molecule is CCc1nn(C)c(NCC2(COC)CCNCC2)c1[N+](=O)[O-]. The lowest BCUT2D eigenvalue weighted by molar-refractivity contribution is -0.384. The van der Waals surface area contributed by atoms with E-state index in [0.717, 1.165) is 25.9 Å². The van der Waals surface area contributed by atoms with Crippen molar-refractivity contribution in [1.29, 1.82) is 0 Å². The summed E-state index contributed by atoms with van der Waals surface area (Å²) in [5, 5.41) is 22.2. The molecule has 124 valence electrons. The van der Waals surface area contributed by atoms with E-state index in [2.05, 4.69) is 15.7 Å². The molecule has 0 unspecified atom stereocenters. The summed E-state index contributed by atoms with van der Waals surface area (Å²) >= 11 is 0. The fourth-order valence-electron chi connectivity index (χ4n) is 3.10. The molecule has 22 heavy (non-hydrogen) atoms. The van der Waals surface area contributed by atoms with Crippen LogP contribution in [0.15, 0.2) is 0 Å². The summed E-state index contributed by atoms with van der Waals surface area (Å²) in [6.07, 6.45) is 2.51. The van der Waals surface area contributed by atoms with Crippen LogP contribution >= 0.6 is 0 Å². The Bertz CT molecular complexity index is 517. The summed E-state index contributed by atoms with van der Waals surface area (Å²) in [5.41, 5.74) is 0.609. The van der Waals surface area contributed by atoms with Gasteiger partial charge in [-0.2, -0.15) is 5.10 Å². The minimum atomic E-state index is -0.348. The van der Waals surface area contributed by atoms with Crippen molar-refractivity contribution in [3.63, 3.8) is 0 Å². The van der Waals surface area contributed by atoms with Gasteiger partial charge in [-0.15, -0.1) is 0 Å². The molecule has 0 bridgehead atoms. The largest absolute Gasteiger partial charge is 0.384 e. The minimum Gasteiger partial charge on any atom is -0.384 e. The molecule has 1 aromatic heterocycles. The van der Waals surface area contributed by atoms with Crippen LogP contribution in [-0.4, -0.2) is 48.1 Å². The van der Waals surface area contributed by atoms with Crippen molar-refractivity contribution >= 4 is 11.5 Å². The molecule has 0 amide bonds. The molecular formula is C14H25N5O3. The van der Waals surface area contributed by atoms with E-state index in [1.165, 1.54) is 0 Å². The third-order valence-electron chi connectivity index (χ3n) is 4.36. The summed E-state index contributed by atoms with van der Waals surface area (Å²) in [7, 11) is 3.44. The van der Waals surface area contributed by atoms with Crippen molar-refractivity contribution < 1.29 is 9.66 Å². The van der Waals surface area contributed by atoms with Crippen molar-refractivity contribution in [3.8, 4) is 0 Å². The van der Waals surface area contributed by atoms with Crippen LogP contribution in [-0.2, 0) is 18.2 Å². The van der Waals surface area contributed by atoms with E-state index < -0.39 is 0 Å². The van der Waals surface area contributed by atoms with Crippen LogP contribution in [0.5, 0.6) is 0 Å². The van der Waals surface area contributed by atoms with Crippen molar-refractivity contribution in [3.05, 3.63) is 15.8 Å².